The lowest BCUT2D eigenvalue weighted by Gasteiger charge is -2.30. The zero-order valence-corrected chi connectivity index (χ0v) is 14.6. The van der Waals surface area contributed by atoms with E-state index in [0.717, 1.165) is 30.8 Å². The summed E-state index contributed by atoms with van der Waals surface area (Å²) in [6, 6.07) is 0.520. The highest BCUT2D eigenvalue weighted by Gasteiger charge is 2.41. The van der Waals surface area contributed by atoms with Gasteiger partial charge in [0.2, 0.25) is 5.91 Å². The largest absolute Gasteiger partial charge is 0.383 e. The van der Waals surface area contributed by atoms with Crippen LogP contribution in [0, 0.1) is 17.8 Å². The van der Waals surface area contributed by atoms with Crippen molar-refractivity contribution < 1.29 is 9.53 Å². The molecule has 1 heterocycles. The van der Waals surface area contributed by atoms with Gasteiger partial charge in [0.25, 0.3) is 0 Å². The average molecular weight is 331 g/mol. The Balaban J connectivity index is 0.00000176. The molecule has 1 amide bonds. The van der Waals surface area contributed by atoms with E-state index < -0.39 is 0 Å². The Morgan fingerprint density at radius 1 is 1.27 bits per heavy atom. The fraction of sp³-hybridized carbons (Fsp3) is 0.941. The topological polar surface area (TPSA) is 41.6 Å². The van der Waals surface area contributed by atoms with Gasteiger partial charge in [0.15, 0.2) is 0 Å². The number of methoxy groups -OCH3 is 1. The SMILES string of the molecule is COCCNCC(=O)N1CCCC1CC1CC2CCC1C2.Cl. The van der Waals surface area contributed by atoms with Gasteiger partial charge in [0.1, 0.15) is 0 Å². The fourth-order valence-electron chi connectivity index (χ4n) is 4.89. The number of amides is 1. The summed E-state index contributed by atoms with van der Waals surface area (Å²) in [6.45, 7) is 2.86. The Hall–Kier alpha value is -0.320. The van der Waals surface area contributed by atoms with Gasteiger partial charge < -0.3 is 15.0 Å². The first kappa shape index (κ1) is 18.0. The van der Waals surface area contributed by atoms with E-state index in [0.29, 0.717) is 19.2 Å². The predicted molar refractivity (Wildman–Crippen MR) is 90.3 cm³/mol. The van der Waals surface area contributed by atoms with Crippen molar-refractivity contribution >= 4 is 18.3 Å². The number of carbonyl (C=O) groups excluding carboxylic acids is 1. The Bertz CT molecular complexity index is 367. The van der Waals surface area contributed by atoms with Crippen LogP contribution in [0.1, 0.15) is 44.9 Å². The maximum atomic E-state index is 12.4. The molecule has 128 valence electrons. The van der Waals surface area contributed by atoms with Gasteiger partial charge in [-0.15, -0.1) is 12.4 Å². The number of carbonyl (C=O) groups is 1. The van der Waals surface area contributed by atoms with Crippen LogP contribution in [0.3, 0.4) is 0 Å². The smallest absolute Gasteiger partial charge is 0.236 e. The van der Waals surface area contributed by atoms with Crippen molar-refractivity contribution in [2.45, 2.75) is 51.0 Å². The second-order valence-electron chi connectivity index (χ2n) is 7.22. The highest BCUT2D eigenvalue weighted by molar-refractivity contribution is 5.85. The lowest BCUT2D eigenvalue weighted by molar-refractivity contribution is -0.131. The van der Waals surface area contributed by atoms with Crippen molar-refractivity contribution in [3.8, 4) is 0 Å². The van der Waals surface area contributed by atoms with Gasteiger partial charge in [0, 0.05) is 26.2 Å². The van der Waals surface area contributed by atoms with E-state index in [1.165, 1.54) is 44.9 Å². The van der Waals surface area contributed by atoms with Gasteiger partial charge in [-0.1, -0.05) is 6.42 Å². The number of rotatable bonds is 7. The third kappa shape index (κ3) is 4.15. The summed E-state index contributed by atoms with van der Waals surface area (Å²) in [7, 11) is 1.69. The third-order valence-corrected chi connectivity index (χ3v) is 5.92. The van der Waals surface area contributed by atoms with Crippen molar-refractivity contribution in [1.82, 2.24) is 10.2 Å². The average Bonchev–Trinajstić information content (AvgIpc) is 3.19. The molecule has 0 radical (unpaired) electrons. The highest BCUT2D eigenvalue weighted by Crippen LogP contribution is 2.50. The lowest BCUT2D eigenvalue weighted by atomic mass is 9.83. The van der Waals surface area contributed by atoms with Crippen molar-refractivity contribution in [3.63, 3.8) is 0 Å². The Labute approximate surface area is 140 Å². The predicted octanol–water partition coefficient (Wildman–Crippen LogP) is 2.46. The maximum absolute atomic E-state index is 12.4. The Morgan fingerprint density at radius 2 is 2.14 bits per heavy atom. The maximum Gasteiger partial charge on any atom is 0.236 e. The molecule has 0 aromatic heterocycles. The number of hydrogen-bond donors (Lipinski definition) is 1. The summed E-state index contributed by atoms with van der Waals surface area (Å²) in [5.41, 5.74) is 0. The van der Waals surface area contributed by atoms with Crippen molar-refractivity contribution in [1.29, 1.82) is 0 Å². The van der Waals surface area contributed by atoms with Crippen LogP contribution in [-0.2, 0) is 9.53 Å². The van der Waals surface area contributed by atoms with Gasteiger partial charge in [-0.25, -0.2) is 0 Å². The zero-order chi connectivity index (χ0) is 14.7. The van der Waals surface area contributed by atoms with Crippen LogP contribution < -0.4 is 5.32 Å². The van der Waals surface area contributed by atoms with E-state index >= 15 is 0 Å². The summed E-state index contributed by atoms with van der Waals surface area (Å²) in [4.78, 5) is 14.5. The van der Waals surface area contributed by atoms with Gasteiger partial charge >= 0.3 is 0 Å². The van der Waals surface area contributed by atoms with Crippen molar-refractivity contribution in [3.05, 3.63) is 0 Å². The number of halogens is 1. The van der Waals surface area contributed by atoms with E-state index in [-0.39, 0.29) is 18.3 Å². The molecule has 5 heteroatoms. The molecule has 2 saturated carbocycles. The highest BCUT2D eigenvalue weighted by atomic mass is 35.5. The number of ether oxygens (including phenoxy) is 1. The molecule has 1 saturated heterocycles. The van der Waals surface area contributed by atoms with Crippen LogP contribution in [-0.4, -0.2) is 50.2 Å². The number of likely N-dealkylation sites (tertiary alicyclic amines) is 1. The molecule has 3 rings (SSSR count). The van der Waals surface area contributed by atoms with Crippen LogP contribution >= 0.6 is 12.4 Å². The summed E-state index contributed by atoms with van der Waals surface area (Å²) in [6.07, 6.45) is 9.52. The molecule has 1 aliphatic heterocycles. The molecule has 3 fully saturated rings. The summed E-state index contributed by atoms with van der Waals surface area (Å²) in [5, 5.41) is 3.19. The van der Waals surface area contributed by atoms with Crippen molar-refractivity contribution in [2.24, 2.45) is 17.8 Å². The van der Waals surface area contributed by atoms with Gasteiger partial charge in [-0.05, 0) is 56.3 Å². The minimum atomic E-state index is 0. The molecule has 2 bridgehead atoms. The number of fused-ring (bicyclic) bond motifs is 2. The molecule has 0 aromatic carbocycles. The quantitative estimate of drug-likeness (QED) is 0.729. The third-order valence-electron chi connectivity index (χ3n) is 5.92. The van der Waals surface area contributed by atoms with E-state index in [2.05, 4.69) is 10.2 Å². The first-order valence-electron chi connectivity index (χ1n) is 8.77. The minimum Gasteiger partial charge on any atom is -0.383 e. The Morgan fingerprint density at radius 3 is 2.82 bits per heavy atom. The van der Waals surface area contributed by atoms with E-state index in [9.17, 15) is 4.79 Å². The molecule has 4 atom stereocenters. The zero-order valence-electron chi connectivity index (χ0n) is 13.8. The second kappa shape index (κ2) is 8.51. The number of nitrogens with one attached hydrogen (secondary N) is 1. The number of hydrogen-bond acceptors (Lipinski definition) is 3. The molecular weight excluding hydrogens is 300 g/mol. The van der Waals surface area contributed by atoms with Crippen LogP contribution in [0.5, 0.6) is 0 Å². The normalized spacial score (nSPS) is 33.2. The minimum absolute atomic E-state index is 0. The van der Waals surface area contributed by atoms with E-state index in [1.54, 1.807) is 7.11 Å². The standard InChI is InChI=1S/C17H30N2O2.ClH/c1-21-8-6-18-12-17(20)19-7-2-3-16(19)11-15-10-13-4-5-14(15)9-13;/h13-16,18H,2-12H2,1H3;1H. The van der Waals surface area contributed by atoms with Gasteiger partial charge in [0.05, 0.1) is 13.2 Å². The summed E-state index contributed by atoms with van der Waals surface area (Å²) < 4.78 is 5.00. The molecular formula is C17H31ClN2O2. The summed E-state index contributed by atoms with van der Waals surface area (Å²) >= 11 is 0. The first-order chi connectivity index (χ1) is 10.3. The molecule has 22 heavy (non-hydrogen) atoms. The monoisotopic (exact) mass is 330 g/mol. The first-order valence-corrected chi connectivity index (χ1v) is 8.77. The second-order valence-corrected chi connectivity index (χ2v) is 7.22. The van der Waals surface area contributed by atoms with Gasteiger partial charge in [-0.2, -0.15) is 0 Å². The van der Waals surface area contributed by atoms with Gasteiger partial charge in [-0.3, -0.25) is 4.79 Å². The molecule has 0 spiro atoms. The lowest BCUT2D eigenvalue weighted by Crippen LogP contribution is -2.42. The molecule has 1 N–H and O–H groups in total. The van der Waals surface area contributed by atoms with Crippen LogP contribution in [0.25, 0.3) is 0 Å². The van der Waals surface area contributed by atoms with Crippen LogP contribution in [0.15, 0.2) is 0 Å². The van der Waals surface area contributed by atoms with E-state index in [4.69, 9.17) is 4.74 Å². The summed E-state index contributed by atoms with van der Waals surface area (Å²) in [5.74, 6) is 3.19. The van der Waals surface area contributed by atoms with Crippen molar-refractivity contribution in [2.75, 3.05) is 33.4 Å². The van der Waals surface area contributed by atoms with Crippen LogP contribution in [0.2, 0.25) is 0 Å². The van der Waals surface area contributed by atoms with Crippen LogP contribution in [0.4, 0.5) is 0 Å². The van der Waals surface area contributed by atoms with E-state index in [1.807, 2.05) is 0 Å². The molecule has 4 unspecified atom stereocenters. The molecule has 2 aliphatic carbocycles. The fourth-order valence-corrected chi connectivity index (χ4v) is 4.89. The number of nitrogens with zero attached hydrogens (tertiary/aromatic N) is 1. The molecule has 4 nitrogen and oxygen atoms in total. The Kier molecular flexibility index (Phi) is 6.97. The molecule has 3 aliphatic rings. The molecule has 0 aromatic rings.